The van der Waals surface area contributed by atoms with Crippen molar-refractivity contribution < 1.29 is 13.2 Å². The molecule has 2 saturated heterocycles. The lowest BCUT2D eigenvalue weighted by atomic mass is 9.97. The monoisotopic (exact) mass is 377 g/mol. The molecule has 8 heteroatoms. The highest BCUT2D eigenvalue weighted by molar-refractivity contribution is 5.80. The van der Waals surface area contributed by atoms with Crippen molar-refractivity contribution in [1.29, 1.82) is 0 Å². The van der Waals surface area contributed by atoms with Crippen LogP contribution in [-0.2, 0) is 0 Å². The number of halogens is 3. The molecule has 0 aliphatic carbocycles. The van der Waals surface area contributed by atoms with E-state index in [1.807, 2.05) is 0 Å². The van der Waals surface area contributed by atoms with E-state index in [-0.39, 0.29) is 6.04 Å². The highest BCUT2D eigenvalue weighted by atomic mass is 19.4. The minimum atomic E-state index is -4.13. The molecule has 26 heavy (non-hydrogen) atoms. The van der Waals surface area contributed by atoms with Gasteiger partial charge < -0.3 is 15.5 Å². The minimum Gasteiger partial charge on any atom is -0.356 e. The van der Waals surface area contributed by atoms with E-state index in [9.17, 15) is 13.2 Å². The molecule has 2 rings (SSSR count). The summed E-state index contributed by atoms with van der Waals surface area (Å²) in [7, 11) is 1.71. The van der Waals surface area contributed by atoms with E-state index in [2.05, 4.69) is 34.4 Å². The van der Waals surface area contributed by atoms with Gasteiger partial charge >= 0.3 is 6.18 Å². The Morgan fingerprint density at radius 2 is 1.92 bits per heavy atom. The van der Waals surface area contributed by atoms with Crippen LogP contribution in [0.4, 0.5) is 13.2 Å². The van der Waals surface area contributed by atoms with Crippen molar-refractivity contribution in [3.8, 4) is 0 Å². The molecule has 2 unspecified atom stereocenters. The summed E-state index contributed by atoms with van der Waals surface area (Å²) in [6, 6.07) is 0.0207. The van der Waals surface area contributed by atoms with Crippen LogP contribution in [0.15, 0.2) is 4.99 Å². The number of hydrogen-bond acceptors (Lipinski definition) is 3. The van der Waals surface area contributed by atoms with Gasteiger partial charge in [-0.05, 0) is 37.6 Å². The van der Waals surface area contributed by atoms with Crippen molar-refractivity contribution in [1.82, 2.24) is 20.4 Å². The number of hydrogen-bond donors (Lipinski definition) is 2. The van der Waals surface area contributed by atoms with Crippen LogP contribution in [0, 0.1) is 11.8 Å². The van der Waals surface area contributed by atoms with E-state index in [0.717, 1.165) is 19.6 Å². The van der Waals surface area contributed by atoms with Gasteiger partial charge in [0.2, 0.25) is 0 Å². The largest absolute Gasteiger partial charge is 0.401 e. The number of piperidine rings is 1. The average molecular weight is 377 g/mol. The van der Waals surface area contributed by atoms with Crippen LogP contribution in [0.1, 0.15) is 33.1 Å². The van der Waals surface area contributed by atoms with E-state index in [1.54, 1.807) is 7.05 Å². The van der Waals surface area contributed by atoms with Crippen LogP contribution >= 0.6 is 0 Å². The minimum absolute atomic E-state index is 0.0207. The highest BCUT2D eigenvalue weighted by Crippen LogP contribution is 2.20. The summed E-state index contributed by atoms with van der Waals surface area (Å²) in [6.45, 7) is 8.82. The second-order valence-electron chi connectivity index (χ2n) is 8.10. The molecular weight excluding hydrogens is 343 g/mol. The molecule has 152 valence electrons. The molecule has 2 aliphatic heterocycles. The molecule has 0 radical (unpaired) electrons. The molecule has 0 aromatic heterocycles. The number of aliphatic imine (C=N–C) groups is 1. The molecule has 2 heterocycles. The lowest BCUT2D eigenvalue weighted by Crippen LogP contribution is -2.48. The molecular formula is C18H34F3N5. The van der Waals surface area contributed by atoms with Crippen molar-refractivity contribution in [3.05, 3.63) is 0 Å². The molecule has 0 aromatic rings. The Balaban J connectivity index is 1.71. The number of likely N-dealkylation sites (tertiary alicyclic amines) is 2. The predicted molar refractivity (Wildman–Crippen MR) is 99.4 cm³/mol. The zero-order valence-electron chi connectivity index (χ0n) is 16.3. The molecule has 0 aromatic carbocycles. The predicted octanol–water partition coefficient (Wildman–Crippen LogP) is 2.16. The first-order chi connectivity index (χ1) is 12.2. The van der Waals surface area contributed by atoms with Gasteiger partial charge in [-0.1, -0.05) is 13.8 Å². The van der Waals surface area contributed by atoms with Gasteiger partial charge in [0.1, 0.15) is 0 Å². The topological polar surface area (TPSA) is 42.9 Å². The number of nitrogens with one attached hydrogen (secondary N) is 2. The third-order valence-electron chi connectivity index (χ3n) is 5.02. The summed E-state index contributed by atoms with van der Waals surface area (Å²) < 4.78 is 37.5. The summed E-state index contributed by atoms with van der Waals surface area (Å²) in [6.07, 6.45) is -0.985. The third kappa shape index (κ3) is 7.70. The van der Waals surface area contributed by atoms with Crippen molar-refractivity contribution >= 4 is 5.96 Å². The lowest BCUT2D eigenvalue weighted by molar-refractivity contribution is -0.143. The number of nitrogens with zero attached hydrogens (tertiary/aromatic N) is 3. The molecule has 2 atom stereocenters. The Hall–Kier alpha value is -1.02. The fourth-order valence-corrected chi connectivity index (χ4v) is 3.98. The summed E-state index contributed by atoms with van der Waals surface area (Å²) in [5, 5.41) is 6.66. The standard InChI is InChI=1S/C18H34F3N5/c1-14(2)10-25-7-4-5-15(11-25)9-23-17(22-3)24-16-6-8-26(12-16)13-18(19,20)21/h14-16H,4-13H2,1-3H3,(H2,22,23,24). The Morgan fingerprint density at radius 3 is 2.58 bits per heavy atom. The molecule has 0 amide bonds. The number of alkyl halides is 3. The second kappa shape index (κ2) is 9.78. The summed E-state index contributed by atoms with van der Waals surface area (Å²) >= 11 is 0. The maximum absolute atomic E-state index is 12.5. The van der Waals surface area contributed by atoms with Crippen LogP contribution in [-0.4, -0.2) is 80.8 Å². The van der Waals surface area contributed by atoms with E-state index in [0.29, 0.717) is 37.3 Å². The average Bonchev–Trinajstić information content (AvgIpc) is 2.96. The first-order valence-corrected chi connectivity index (χ1v) is 9.74. The molecule has 5 nitrogen and oxygen atoms in total. The van der Waals surface area contributed by atoms with Gasteiger partial charge in [-0.3, -0.25) is 9.89 Å². The molecule has 2 fully saturated rings. The van der Waals surface area contributed by atoms with Crippen LogP contribution in [0.25, 0.3) is 0 Å². The van der Waals surface area contributed by atoms with Crippen LogP contribution < -0.4 is 10.6 Å². The molecule has 0 spiro atoms. The van der Waals surface area contributed by atoms with E-state index >= 15 is 0 Å². The molecule has 2 N–H and O–H groups in total. The molecule has 0 saturated carbocycles. The zero-order valence-corrected chi connectivity index (χ0v) is 16.3. The first-order valence-electron chi connectivity index (χ1n) is 9.74. The maximum atomic E-state index is 12.5. The Morgan fingerprint density at radius 1 is 1.15 bits per heavy atom. The third-order valence-corrected chi connectivity index (χ3v) is 5.02. The molecule has 2 aliphatic rings. The zero-order chi connectivity index (χ0) is 19.2. The van der Waals surface area contributed by atoms with Gasteiger partial charge in [0.15, 0.2) is 5.96 Å². The number of rotatable bonds is 6. The summed E-state index contributed by atoms with van der Waals surface area (Å²) in [5.74, 6) is 1.97. The molecule has 0 bridgehead atoms. The van der Waals surface area contributed by atoms with E-state index < -0.39 is 12.7 Å². The van der Waals surface area contributed by atoms with Crippen LogP contribution in [0.5, 0.6) is 0 Å². The lowest BCUT2D eigenvalue weighted by Gasteiger charge is -2.34. The van der Waals surface area contributed by atoms with Crippen molar-refractivity contribution in [3.63, 3.8) is 0 Å². The smallest absolute Gasteiger partial charge is 0.356 e. The Kier molecular flexibility index (Phi) is 8.01. The first kappa shape index (κ1) is 21.3. The fourth-order valence-electron chi connectivity index (χ4n) is 3.98. The van der Waals surface area contributed by atoms with Crippen LogP contribution in [0.2, 0.25) is 0 Å². The van der Waals surface area contributed by atoms with Crippen LogP contribution in [0.3, 0.4) is 0 Å². The number of guanidine groups is 1. The van der Waals surface area contributed by atoms with Gasteiger partial charge in [-0.25, -0.2) is 0 Å². The summed E-state index contributed by atoms with van der Waals surface area (Å²) in [5.41, 5.74) is 0. The summed E-state index contributed by atoms with van der Waals surface area (Å²) in [4.78, 5) is 8.23. The van der Waals surface area contributed by atoms with E-state index in [1.165, 1.54) is 24.3 Å². The van der Waals surface area contributed by atoms with Gasteiger partial charge in [-0.2, -0.15) is 13.2 Å². The second-order valence-corrected chi connectivity index (χ2v) is 8.10. The van der Waals surface area contributed by atoms with Gasteiger partial charge in [0.25, 0.3) is 0 Å². The van der Waals surface area contributed by atoms with Gasteiger partial charge in [-0.15, -0.1) is 0 Å². The van der Waals surface area contributed by atoms with Gasteiger partial charge in [0, 0.05) is 45.8 Å². The Labute approximate surface area is 155 Å². The maximum Gasteiger partial charge on any atom is 0.401 e. The van der Waals surface area contributed by atoms with Crippen molar-refractivity contribution in [2.24, 2.45) is 16.8 Å². The quantitative estimate of drug-likeness (QED) is 0.550. The normalized spacial score (nSPS) is 26.5. The van der Waals surface area contributed by atoms with Crippen molar-refractivity contribution in [2.75, 3.05) is 52.9 Å². The van der Waals surface area contributed by atoms with Gasteiger partial charge in [0.05, 0.1) is 6.54 Å². The SMILES string of the molecule is CN=C(NCC1CCCN(CC(C)C)C1)NC1CCN(CC(F)(F)F)C1. The van der Waals surface area contributed by atoms with Crippen molar-refractivity contribution in [2.45, 2.75) is 45.3 Å². The Bertz CT molecular complexity index is 453. The van der Waals surface area contributed by atoms with E-state index in [4.69, 9.17) is 0 Å². The highest BCUT2D eigenvalue weighted by Gasteiger charge is 2.34. The fraction of sp³-hybridized carbons (Fsp3) is 0.944.